The maximum atomic E-state index is 12.1. The highest BCUT2D eigenvalue weighted by molar-refractivity contribution is 7.91. The highest BCUT2D eigenvalue weighted by atomic mass is 32.2. The first-order chi connectivity index (χ1) is 8.45. The average molecular weight is 308 g/mol. The van der Waals surface area contributed by atoms with Crippen molar-refractivity contribution in [3.05, 3.63) is 15.4 Å². The Kier molecular flexibility index (Phi) is 4.23. The van der Waals surface area contributed by atoms with Crippen molar-refractivity contribution < 1.29 is 18.3 Å². The van der Waals surface area contributed by atoms with Gasteiger partial charge in [-0.3, -0.25) is 9.59 Å². The maximum absolute atomic E-state index is 12.1. The van der Waals surface area contributed by atoms with E-state index in [0.717, 1.165) is 0 Å². The Morgan fingerprint density at radius 1 is 1.42 bits per heavy atom. The number of sulfonamides is 1. The van der Waals surface area contributed by atoms with E-state index in [4.69, 9.17) is 5.11 Å². The van der Waals surface area contributed by atoms with Gasteiger partial charge in [0.2, 0.25) is 0 Å². The van der Waals surface area contributed by atoms with Crippen LogP contribution in [0.1, 0.15) is 26.5 Å². The van der Waals surface area contributed by atoms with Crippen molar-refractivity contribution in [2.24, 2.45) is 5.41 Å². The van der Waals surface area contributed by atoms with Crippen LogP contribution in [0.4, 0.5) is 0 Å². The molecule has 0 amide bonds. The number of thiazole rings is 1. The van der Waals surface area contributed by atoms with Crippen LogP contribution in [0.2, 0.25) is 0 Å². The number of carboxylic acid groups (broad SMARTS) is 1. The number of aromatic amines is 1. The summed E-state index contributed by atoms with van der Waals surface area (Å²) in [6.07, 6.45) is 0. The van der Waals surface area contributed by atoms with Crippen LogP contribution in [0.15, 0.2) is 9.00 Å². The summed E-state index contributed by atoms with van der Waals surface area (Å²) in [5.74, 6) is -1.27. The molecular weight excluding hydrogens is 292 g/mol. The fourth-order valence-electron chi connectivity index (χ4n) is 1.45. The number of nitrogens with one attached hydrogen (secondary N) is 2. The number of aromatic nitrogens is 1. The lowest BCUT2D eigenvalue weighted by molar-refractivity contribution is -0.141. The summed E-state index contributed by atoms with van der Waals surface area (Å²) in [5, 5.41) is 9.10. The monoisotopic (exact) mass is 308 g/mol. The molecule has 1 aromatic heterocycles. The summed E-state index contributed by atoms with van der Waals surface area (Å²) in [6, 6.07) is -1.28. The van der Waals surface area contributed by atoms with Gasteiger partial charge in [-0.05, 0) is 12.3 Å². The minimum absolute atomic E-state index is 0.187. The van der Waals surface area contributed by atoms with Gasteiger partial charge in [-0.2, -0.15) is 4.72 Å². The number of aliphatic carboxylic acids is 1. The van der Waals surface area contributed by atoms with Crippen LogP contribution >= 0.6 is 11.3 Å². The first-order valence-electron chi connectivity index (χ1n) is 5.40. The summed E-state index contributed by atoms with van der Waals surface area (Å²) in [7, 11) is -4.04. The second-order valence-corrected chi connectivity index (χ2v) is 8.08. The summed E-state index contributed by atoms with van der Waals surface area (Å²) in [4.78, 5) is 24.1. The molecule has 0 saturated heterocycles. The number of H-pyrrole nitrogens is 1. The van der Waals surface area contributed by atoms with Crippen molar-refractivity contribution in [1.29, 1.82) is 0 Å². The SMILES string of the molecule is Cc1[nH]c(=O)sc1S(=O)(=O)NC(C(=O)O)C(C)(C)C. The van der Waals surface area contributed by atoms with Gasteiger partial charge >= 0.3 is 10.8 Å². The maximum Gasteiger partial charge on any atom is 0.322 e. The second-order valence-electron chi connectivity index (χ2n) is 5.19. The minimum atomic E-state index is -4.04. The fraction of sp³-hybridized carbons (Fsp3) is 0.600. The van der Waals surface area contributed by atoms with Crippen LogP contribution in [0.5, 0.6) is 0 Å². The van der Waals surface area contributed by atoms with E-state index in [-0.39, 0.29) is 9.90 Å². The fourth-order valence-corrected chi connectivity index (χ4v) is 4.17. The number of carbonyl (C=O) groups is 1. The minimum Gasteiger partial charge on any atom is -0.480 e. The molecule has 9 heteroatoms. The molecule has 1 rings (SSSR count). The molecule has 0 radical (unpaired) electrons. The zero-order valence-electron chi connectivity index (χ0n) is 11.0. The number of hydrogen-bond donors (Lipinski definition) is 3. The van der Waals surface area contributed by atoms with Crippen molar-refractivity contribution in [3.63, 3.8) is 0 Å². The molecule has 1 unspecified atom stereocenters. The molecular formula is C10H16N2O5S2. The van der Waals surface area contributed by atoms with Crippen molar-refractivity contribution in [3.8, 4) is 0 Å². The second kappa shape index (κ2) is 5.06. The van der Waals surface area contributed by atoms with Gasteiger partial charge in [0.05, 0.1) is 0 Å². The van der Waals surface area contributed by atoms with Gasteiger partial charge in [0.1, 0.15) is 6.04 Å². The van der Waals surface area contributed by atoms with Gasteiger partial charge in [0.15, 0.2) is 4.21 Å². The van der Waals surface area contributed by atoms with Crippen LogP contribution in [0.3, 0.4) is 0 Å². The number of carboxylic acids is 1. The third-order valence-electron chi connectivity index (χ3n) is 2.41. The van der Waals surface area contributed by atoms with Gasteiger partial charge in [0, 0.05) is 5.69 Å². The van der Waals surface area contributed by atoms with E-state index in [0.29, 0.717) is 11.3 Å². The summed E-state index contributed by atoms with van der Waals surface area (Å²) in [6.45, 7) is 6.28. The zero-order chi connectivity index (χ0) is 15.0. The molecule has 7 nitrogen and oxygen atoms in total. The van der Waals surface area contributed by atoms with E-state index in [1.165, 1.54) is 6.92 Å². The average Bonchev–Trinajstić information content (AvgIpc) is 2.53. The lowest BCUT2D eigenvalue weighted by Gasteiger charge is -2.27. The van der Waals surface area contributed by atoms with Crippen molar-refractivity contribution >= 4 is 27.3 Å². The van der Waals surface area contributed by atoms with E-state index >= 15 is 0 Å². The van der Waals surface area contributed by atoms with Crippen LogP contribution in [0.25, 0.3) is 0 Å². The standard InChI is InChI=1S/C10H16N2O5S2/c1-5-8(18-9(15)11-5)19(16,17)12-6(7(13)14)10(2,3)4/h6,12H,1-4H3,(H,11,15)(H,13,14). The molecule has 0 fully saturated rings. The first kappa shape index (κ1) is 15.9. The molecule has 0 aromatic carbocycles. The molecule has 0 saturated carbocycles. The molecule has 19 heavy (non-hydrogen) atoms. The summed E-state index contributed by atoms with van der Waals surface area (Å²) in [5.41, 5.74) is -0.603. The van der Waals surface area contributed by atoms with Crippen LogP contribution in [-0.4, -0.2) is 30.5 Å². The predicted molar refractivity (Wildman–Crippen MR) is 70.9 cm³/mol. The first-order valence-corrected chi connectivity index (χ1v) is 7.70. The highest BCUT2D eigenvalue weighted by Crippen LogP contribution is 2.23. The zero-order valence-corrected chi connectivity index (χ0v) is 12.6. The molecule has 3 N–H and O–H groups in total. The van der Waals surface area contributed by atoms with E-state index < -0.39 is 32.3 Å². The van der Waals surface area contributed by atoms with Gasteiger partial charge in [-0.25, -0.2) is 8.42 Å². The number of rotatable bonds is 4. The van der Waals surface area contributed by atoms with Gasteiger partial charge in [0.25, 0.3) is 10.0 Å². The summed E-state index contributed by atoms with van der Waals surface area (Å²) < 4.78 is 26.2. The molecule has 108 valence electrons. The lowest BCUT2D eigenvalue weighted by atomic mass is 9.88. The lowest BCUT2D eigenvalue weighted by Crippen LogP contribution is -2.48. The smallest absolute Gasteiger partial charge is 0.322 e. The molecule has 1 heterocycles. The quantitative estimate of drug-likeness (QED) is 0.750. The number of hydrogen-bond acceptors (Lipinski definition) is 5. The Morgan fingerprint density at radius 2 is 1.95 bits per heavy atom. The Balaban J connectivity index is 3.19. The molecule has 0 aliphatic heterocycles. The van der Waals surface area contributed by atoms with Crippen LogP contribution in [0, 0.1) is 12.3 Å². The van der Waals surface area contributed by atoms with Gasteiger partial charge in [-0.15, -0.1) is 0 Å². The highest BCUT2D eigenvalue weighted by Gasteiger charge is 2.36. The molecule has 0 aliphatic rings. The summed E-state index contributed by atoms with van der Waals surface area (Å²) >= 11 is 0.531. The normalized spacial score (nSPS) is 14.3. The number of aryl methyl sites for hydroxylation is 1. The van der Waals surface area contributed by atoms with E-state index in [2.05, 4.69) is 9.71 Å². The Morgan fingerprint density at radius 3 is 2.26 bits per heavy atom. The molecule has 0 bridgehead atoms. The topological polar surface area (TPSA) is 116 Å². The van der Waals surface area contributed by atoms with Crippen molar-refractivity contribution in [2.45, 2.75) is 37.9 Å². The van der Waals surface area contributed by atoms with Crippen molar-refractivity contribution in [1.82, 2.24) is 9.71 Å². The van der Waals surface area contributed by atoms with Crippen LogP contribution < -0.4 is 9.60 Å². The molecule has 1 atom stereocenters. The Hall–Kier alpha value is -1.19. The third-order valence-corrected chi connectivity index (χ3v) is 5.44. The van der Waals surface area contributed by atoms with E-state index in [1.54, 1.807) is 20.8 Å². The van der Waals surface area contributed by atoms with E-state index in [1.807, 2.05) is 0 Å². The van der Waals surface area contributed by atoms with Crippen molar-refractivity contribution in [2.75, 3.05) is 0 Å². The third kappa shape index (κ3) is 3.64. The van der Waals surface area contributed by atoms with Gasteiger partial charge < -0.3 is 10.1 Å². The largest absolute Gasteiger partial charge is 0.480 e. The van der Waals surface area contributed by atoms with Gasteiger partial charge in [-0.1, -0.05) is 32.1 Å². The molecule has 0 spiro atoms. The Bertz CT molecular complexity index is 636. The molecule has 0 aliphatic carbocycles. The predicted octanol–water partition coefficient (Wildman–Crippen LogP) is 0.522. The van der Waals surface area contributed by atoms with E-state index in [9.17, 15) is 18.0 Å². The Labute approximate surface area is 114 Å². The molecule has 1 aromatic rings. The van der Waals surface area contributed by atoms with Crippen LogP contribution in [-0.2, 0) is 14.8 Å².